The monoisotopic (exact) mass is 178 g/mol. The van der Waals surface area contributed by atoms with Crippen molar-refractivity contribution >= 4 is 23.7 Å². The van der Waals surface area contributed by atoms with Gasteiger partial charge in [0.15, 0.2) is 0 Å². The molecule has 0 bridgehead atoms. The van der Waals surface area contributed by atoms with Gasteiger partial charge < -0.3 is 5.73 Å². The van der Waals surface area contributed by atoms with Crippen molar-refractivity contribution < 1.29 is 0 Å². The Bertz CT molecular complexity index is 188. The maximum absolute atomic E-state index is 5.37. The molecule has 0 aromatic carbocycles. The van der Waals surface area contributed by atoms with Crippen LogP contribution >= 0.6 is 23.7 Å². The number of thiazole rings is 1. The van der Waals surface area contributed by atoms with Crippen LogP contribution in [0, 0.1) is 6.92 Å². The Balaban J connectivity index is 0.000000810. The SMILES string of the molecule is Cc1ncsc1CCN.Cl. The van der Waals surface area contributed by atoms with Gasteiger partial charge in [-0.1, -0.05) is 0 Å². The van der Waals surface area contributed by atoms with Crippen LogP contribution in [0.25, 0.3) is 0 Å². The zero-order valence-electron chi connectivity index (χ0n) is 5.83. The number of aryl methyl sites for hydroxylation is 1. The van der Waals surface area contributed by atoms with Crippen LogP contribution in [-0.2, 0) is 6.42 Å². The fourth-order valence-electron chi connectivity index (χ4n) is 0.697. The summed E-state index contributed by atoms with van der Waals surface area (Å²) in [6.45, 7) is 2.74. The summed E-state index contributed by atoms with van der Waals surface area (Å²) < 4.78 is 0. The van der Waals surface area contributed by atoms with E-state index in [2.05, 4.69) is 4.98 Å². The van der Waals surface area contributed by atoms with Crippen LogP contribution in [0.2, 0.25) is 0 Å². The van der Waals surface area contributed by atoms with Gasteiger partial charge in [-0.05, 0) is 19.9 Å². The summed E-state index contributed by atoms with van der Waals surface area (Å²) in [7, 11) is 0. The van der Waals surface area contributed by atoms with Gasteiger partial charge in [-0.25, -0.2) is 4.98 Å². The van der Waals surface area contributed by atoms with Crippen LogP contribution in [-0.4, -0.2) is 11.5 Å². The highest BCUT2D eigenvalue weighted by molar-refractivity contribution is 7.09. The lowest BCUT2D eigenvalue weighted by molar-refractivity contribution is 0.970. The molecule has 0 fully saturated rings. The highest BCUT2D eigenvalue weighted by Crippen LogP contribution is 2.11. The second-order valence-corrected chi connectivity index (χ2v) is 2.84. The van der Waals surface area contributed by atoms with Crippen molar-refractivity contribution in [1.82, 2.24) is 4.98 Å². The molecule has 0 unspecified atom stereocenters. The summed E-state index contributed by atoms with van der Waals surface area (Å²) in [6, 6.07) is 0. The first-order valence-corrected chi connectivity index (χ1v) is 3.81. The van der Waals surface area contributed by atoms with Gasteiger partial charge in [-0.15, -0.1) is 23.7 Å². The molecule has 0 atom stereocenters. The Labute approximate surface area is 70.9 Å². The van der Waals surface area contributed by atoms with Crippen molar-refractivity contribution in [2.75, 3.05) is 6.54 Å². The van der Waals surface area contributed by atoms with Crippen LogP contribution in [0.3, 0.4) is 0 Å². The van der Waals surface area contributed by atoms with E-state index in [9.17, 15) is 0 Å². The predicted octanol–water partition coefficient (Wildman–Crippen LogP) is 1.37. The predicted molar refractivity (Wildman–Crippen MR) is 46.9 cm³/mol. The van der Waals surface area contributed by atoms with Crippen molar-refractivity contribution in [2.24, 2.45) is 5.73 Å². The second-order valence-electron chi connectivity index (χ2n) is 1.90. The molecule has 0 spiro atoms. The van der Waals surface area contributed by atoms with Gasteiger partial charge in [0.2, 0.25) is 0 Å². The minimum Gasteiger partial charge on any atom is -0.330 e. The number of nitrogens with zero attached hydrogens (tertiary/aromatic N) is 1. The summed E-state index contributed by atoms with van der Waals surface area (Å²) in [5.74, 6) is 0. The third-order valence-corrected chi connectivity index (χ3v) is 2.21. The molecule has 0 radical (unpaired) electrons. The molecule has 0 aliphatic heterocycles. The summed E-state index contributed by atoms with van der Waals surface area (Å²) in [6.07, 6.45) is 0.969. The van der Waals surface area contributed by atoms with Gasteiger partial charge in [-0.2, -0.15) is 0 Å². The molecular weight excluding hydrogens is 168 g/mol. The van der Waals surface area contributed by atoms with Gasteiger partial charge in [0.25, 0.3) is 0 Å². The standard InChI is InChI=1S/C6H10N2S.ClH/c1-5-6(2-3-7)9-4-8-5;/h4H,2-3,7H2,1H3;1H. The number of nitrogens with two attached hydrogens (primary N) is 1. The van der Waals surface area contributed by atoms with E-state index in [1.807, 2.05) is 12.4 Å². The van der Waals surface area contributed by atoms with E-state index in [0.29, 0.717) is 0 Å². The van der Waals surface area contributed by atoms with E-state index in [4.69, 9.17) is 5.73 Å². The van der Waals surface area contributed by atoms with Crippen LogP contribution in [0.4, 0.5) is 0 Å². The number of rotatable bonds is 2. The molecule has 0 saturated heterocycles. The summed E-state index contributed by atoms with van der Waals surface area (Å²) in [5, 5.41) is 0. The van der Waals surface area contributed by atoms with E-state index in [-0.39, 0.29) is 12.4 Å². The van der Waals surface area contributed by atoms with Gasteiger partial charge in [0.1, 0.15) is 0 Å². The zero-order valence-corrected chi connectivity index (χ0v) is 7.47. The average Bonchev–Trinajstić information content (AvgIpc) is 2.18. The van der Waals surface area contributed by atoms with Crippen molar-refractivity contribution in [3.8, 4) is 0 Å². The molecule has 0 aliphatic carbocycles. The molecule has 1 rings (SSSR count). The zero-order chi connectivity index (χ0) is 6.69. The fraction of sp³-hybridized carbons (Fsp3) is 0.500. The molecule has 10 heavy (non-hydrogen) atoms. The van der Waals surface area contributed by atoms with Crippen LogP contribution in [0.1, 0.15) is 10.6 Å². The molecule has 4 heteroatoms. The summed E-state index contributed by atoms with van der Waals surface area (Å²) in [5.41, 5.74) is 8.36. The minimum absolute atomic E-state index is 0. The molecule has 1 heterocycles. The lowest BCUT2D eigenvalue weighted by atomic mass is 10.3. The first-order chi connectivity index (χ1) is 4.34. The Hall–Kier alpha value is -0.120. The number of halogens is 1. The number of hydrogen-bond acceptors (Lipinski definition) is 3. The van der Waals surface area contributed by atoms with E-state index < -0.39 is 0 Å². The first kappa shape index (κ1) is 9.88. The van der Waals surface area contributed by atoms with Gasteiger partial charge in [0, 0.05) is 4.88 Å². The first-order valence-electron chi connectivity index (χ1n) is 2.93. The Morgan fingerprint density at radius 2 is 2.40 bits per heavy atom. The maximum Gasteiger partial charge on any atom is 0.0797 e. The molecule has 0 aliphatic rings. The van der Waals surface area contributed by atoms with Gasteiger partial charge in [-0.3, -0.25) is 0 Å². The average molecular weight is 179 g/mol. The van der Waals surface area contributed by atoms with E-state index in [1.165, 1.54) is 4.88 Å². The third kappa shape index (κ3) is 2.25. The van der Waals surface area contributed by atoms with E-state index in [1.54, 1.807) is 11.3 Å². The van der Waals surface area contributed by atoms with E-state index >= 15 is 0 Å². The smallest absolute Gasteiger partial charge is 0.0797 e. The second kappa shape index (κ2) is 4.66. The molecule has 1 aromatic heterocycles. The Kier molecular flexibility index (Phi) is 4.60. The summed E-state index contributed by atoms with van der Waals surface area (Å²) >= 11 is 1.68. The molecule has 2 N–H and O–H groups in total. The normalized spacial score (nSPS) is 9.00. The Morgan fingerprint density at radius 1 is 1.70 bits per heavy atom. The molecule has 1 aromatic rings. The fourth-order valence-corrected chi connectivity index (χ4v) is 1.49. The topological polar surface area (TPSA) is 38.9 Å². The van der Waals surface area contributed by atoms with Gasteiger partial charge >= 0.3 is 0 Å². The largest absolute Gasteiger partial charge is 0.330 e. The molecule has 0 amide bonds. The highest BCUT2D eigenvalue weighted by atomic mass is 35.5. The quantitative estimate of drug-likeness (QED) is 0.743. The lowest BCUT2D eigenvalue weighted by Gasteiger charge is -1.90. The van der Waals surface area contributed by atoms with Crippen molar-refractivity contribution in [3.63, 3.8) is 0 Å². The van der Waals surface area contributed by atoms with Crippen LogP contribution in [0.15, 0.2) is 5.51 Å². The van der Waals surface area contributed by atoms with Crippen molar-refractivity contribution in [1.29, 1.82) is 0 Å². The molecule has 2 nitrogen and oxygen atoms in total. The van der Waals surface area contributed by atoms with Gasteiger partial charge in [0.05, 0.1) is 11.2 Å². The lowest BCUT2D eigenvalue weighted by Crippen LogP contribution is -2.01. The molecular formula is C6H11ClN2S. The number of hydrogen-bond donors (Lipinski definition) is 1. The Morgan fingerprint density at radius 3 is 2.80 bits per heavy atom. The van der Waals surface area contributed by atoms with Crippen LogP contribution < -0.4 is 5.73 Å². The maximum atomic E-state index is 5.37. The molecule has 58 valence electrons. The third-order valence-electron chi connectivity index (χ3n) is 1.22. The number of aromatic nitrogens is 1. The van der Waals surface area contributed by atoms with Crippen molar-refractivity contribution in [3.05, 3.63) is 16.1 Å². The summed E-state index contributed by atoms with van der Waals surface area (Å²) in [4.78, 5) is 5.42. The highest BCUT2D eigenvalue weighted by Gasteiger charge is 1.97. The minimum atomic E-state index is 0. The van der Waals surface area contributed by atoms with Crippen LogP contribution in [0.5, 0.6) is 0 Å². The van der Waals surface area contributed by atoms with Crippen molar-refractivity contribution in [2.45, 2.75) is 13.3 Å². The van der Waals surface area contributed by atoms with E-state index in [0.717, 1.165) is 18.7 Å². The molecule has 0 saturated carbocycles.